The lowest BCUT2D eigenvalue weighted by Gasteiger charge is -2.45. The number of piperazine rings is 1. The monoisotopic (exact) mass is 328 g/mol. The maximum Gasteiger partial charge on any atom is 0.0704 e. The summed E-state index contributed by atoms with van der Waals surface area (Å²) >= 11 is 6.25. The zero-order chi connectivity index (χ0) is 16.0. The fourth-order valence-electron chi connectivity index (χ4n) is 4.10. The van der Waals surface area contributed by atoms with Crippen molar-refractivity contribution in [1.82, 2.24) is 4.90 Å². The van der Waals surface area contributed by atoms with Crippen molar-refractivity contribution in [2.24, 2.45) is 0 Å². The van der Waals surface area contributed by atoms with E-state index in [2.05, 4.69) is 41.1 Å². The Labute approximate surface area is 142 Å². The van der Waals surface area contributed by atoms with E-state index in [1.165, 1.54) is 11.1 Å². The molecule has 0 spiro atoms. The second kappa shape index (κ2) is 5.82. The molecule has 1 saturated heterocycles. The highest BCUT2D eigenvalue weighted by atomic mass is 35.5. The van der Waals surface area contributed by atoms with E-state index in [0.29, 0.717) is 12.1 Å². The topological polar surface area (TPSA) is 26.7 Å². The Bertz CT molecular complexity index is 733. The number of benzene rings is 2. The van der Waals surface area contributed by atoms with Crippen molar-refractivity contribution in [2.45, 2.75) is 25.1 Å². The minimum Gasteiger partial charge on any atom is -0.392 e. The lowest BCUT2D eigenvalue weighted by molar-refractivity contribution is 0.186. The Kier molecular flexibility index (Phi) is 3.80. The fraction of sp³-hybridized carbons (Fsp3) is 0.368. The molecule has 1 fully saturated rings. The van der Waals surface area contributed by atoms with Gasteiger partial charge in [0.15, 0.2) is 0 Å². The molecular formula is C19H21ClN2O. The second-order valence-corrected chi connectivity index (χ2v) is 6.96. The quantitative estimate of drug-likeness (QED) is 0.916. The van der Waals surface area contributed by atoms with Crippen molar-refractivity contribution in [3.05, 3.63) is 64.2 Å². The van der Waals surface area contributed by atoms with Gasteiger partial charge in [0.1, 0.15) is 0 Å². The molecule has 1 aliphatic carbocycles. The highest BCUT2D eigenvalue weighted by Gasteiger charge is 2.42. The molecule has 1 N–H and O–H groups in total. The molecule has 0 bridgehead atoms. The first-order chi connectivity index (χ1) is 11.2. The third-order valence-electron chi connectivity index (χ3n) is 5.29. The standard InChI is InChI=1S/C19H21ClN2O/c1-21-8-9-22(17-11-15(20)7-6-14(17)12-23)19-16-5-3-2-4-13(16)10-18(19)21/h2-7,11,18-19,23H,8-10,12H2,1H3/t18-,19-/m0/s1. The van der Waals surface area contributed by atoms with Gasteiger partial charge in [0, 0.05) is 35.4 Å². The number of nitrogens with zero attached hydrogens (tertiary/aromatic N) is 2. The van der Waals surface area contributed by atoms with Crippen LogP contribution in [-0.4, -0.2) is 36.2 Å². The van der Waals surface area contributed by atoms with Gasteiger partial charge in [0.05, 0.1) is 12.6 Å². The molecule has 0 saturated carbocycles. The molecule has 4 heteroatoms. The summed E-state index contributed by atoms with van der Waals surface area (Å²) in [4.78, 5) is 4.90. The van der Waals surface area contributed by atoms with Crippen molar-refractivity contribution in [1.29, 1.82) is 0 Å². The highest BCUT2D eigenvalue weighted by Crippen LogP contribution is 2.43. The van der Waals surface area contributed by atoms with Crippen LogP contribution >= 0.6 is 11.6 Å². The molecule has 2 aliphatic rings. The van der Waals surface area contributed by atoms with Crippen LogP contribution in [0.25, 0.3) is 0 Å². The van der Waals surface area contributed by atoms with Crippen LogP contribution in [0.4, 0.5) is 5.69 Å². The van der Waals surface area contributed by atoms with E-state index < -0.39 is 0 Å². The van der Waals surface area contributed by atoms with Gasteiger partial charge >= 0.3 is 0 Å². The van der Waals surface area contributed by atoms with Crippen LogP contribution in [0.2, 0.25) is 5.02 Å². The zero-order valence-electron chi connectivity index (χ0n) is 13.2. The molecular weight excluding hydrogens is 308 g/mol. The van der Waals surface area contributed by atoms with Crippen molar-refractivity contribution in [3.63, 3.8) is 0 Å². The summed E-state index contributed by atoms with van der Waals surface area (Å²) in [5, 5.41) is 10.5. The molecule has 1 heterocycles. The second-order valence-electron chi connectivity index (χ2n) is 6.52. The van der Waals surface area contributed by atoms with Gasteiger partial charge in [-0.2, -0.15) is 0 Å². The van der Waals surface area contributed by atoms with Crippen molar-refractivity contribution in [2.75, 3.05) is 25.0 Å². The molecule has 2 aromatic carbocycles. The van der Waals surface area contributed by atoms with E-state index in [4.69, 9.17) is 11.6 Å². The van der Waals surface area contributed by atoms with E-state index in [1.807, 2.05) is 18.2 Å². The smallest absolute Gasteiger partial charge is 0.0704 e. The summed E-state index contributed by atoms with van der Waals surface area (Å²) in [6.45, 7) is 2.00. The molecule has 0 radical (unpaired) electrons. The third-order valence-corrected chi connectivity index (χ3v) is 5.53. The van der Waals surface area contributed by atoms with Crippen LogP contribution in [-0.2, 0) is 13.0 Å². The zero-order valence-corrected chi connectivity index (χ0v) is 14.0. The molecule has 4 rings (SSSR count). The number of halogens is 1. The first kappa shape index (κ1) is 15.0. The first-order valence-corrected chi connectivity index (χ1v) is 8.51. The van der Waals surface area contributed by atoms with E-state index in [9.17, 15) is 5.11 Å². The Morgan fingerprint density at radius 3 is 2.83 bits per heavy atom. The average Bonchev–Trinajstić information content (AvgIpc) is 2.96. The van der Waals surface area contributed by atoms with Crippen molar-refractivity contribution >= 4 is 17.3 Å². The summed E-state index contributed by atoms with van der Waals surface area (Å²) < 4.78 is 0. The molecule has 0 amide bonds. The molecule has 0 aromatic heterocycles. The third kappa shape index (κ3) is 2.44. The van der Waals surface area contributed by atoms with E-state index in [0.717, 1.165) is 35.8 Å². The van der Waals surface area contributed by atoms with Crippen LogP contribution in [0.5, 0.6) is 0 Å². The maximum absolute atomic E-state index is 9.75. The van der Waals surface area contributed by atoms with Crippen LogP contribution in [0.3, 0.4) is 0 Å². The average molecular weight is 329 g/mol. The Morgan fingerprint density at radius 1 is 1.17 bits per heavy atom. The summed E-state index contributed by atoms with van der Waals surface area (Å²) in [7, 11) is 2.21. The normalized spacial score (nSPS) is 23.7. The van der Waals surface area contributed by atoms with Gasteiger partial charge < -0.3 is 10.0 Å². The Morgan fingerprint density at radius 2 is 2.00 bits per heavy atom. The minimum absolute atomic E-state index is 0.0396. The summed E-state index contributed by atoms with van der Waals surface area (Å²) in [6.07, 6.45) is 1.09. The molecule has 3 nitrogen and oxygen atoms in total. The van der Waals surface area contributed by atoms with Crippen LogP contribution in [0, 0.1) is 0 Å². The Hall–Kier alpha value is -1.55. The maximum atomic E-state index is 9.75. The predicted molar refractivity (Wildman–Crippen MR) is 94.0 cm³/mol. The number of fused-ring (bicyclic) bond motifs is 3. The molecule has 23 heavy (non-hydrogen) atoms. The minimum atomic E-state index is 0.0396. The van der Waals surface area contributed by atoms with E-state index in [1.54, 1.807) is 0 Å². The number of aliphatic hydroxyl groups excluding tert-OH is 1. The summed E-state index contributed by atoms with van der Waals surface area (Å²) in [6, 6.07) is 15.3. The van der Waals surface area contributed by atoms with Crippen molar-refractivity contribution < 1.29 is 5.11 Å². The van der Waals surface area contributed by atoms with E-state index >= 15 is 0 Å². The highest BCUT2D eigenvalue weighted by molar-refractivity contribution is 6.30. The van der Waals surface area contributed by atoms with Gasteiger partial charge in [-0.3, -0.25) is 4.90 Å². The lowest BCUT2D eigenvalue weighted by Crippen LogP contribution is -2.52. The summed E-state index contributed by atoms with van der Waals surface area (Å²) in [5.74, 6) is 0. The van der Waals surface area contributed by atoms with Gasteiger partial charge in [-0.25, -0.2) is 0 Å². The number of aliphatic hydroxyl groups is 1. The van der Waals surface area contributed by atoms with Crippen molar-refractivity contribution in [3.8, 4) is 0 Å². The fourth-order valence-corrected chi connectivity index (χ4v) is 4.27. The van der Waals surface area contributed by atoms with Gasteiger partial charge in [-0.1, -0.05) is 41.9 Å². The predicted octanol–water partition coefficient (Wildman–Crippen LogP) is 3.25. The van der Waals surface area contributed by atoms with Gasteiger partial charge in [-0.05, 0) is 36.7 Å². The first-order valence-electron chi connectivity index (χ1n) is 8.13. The molecule has 2 aromatic rings. The van der Waals surface area contributed by atoms with Gasteiger partial charge in [0.25, 0.3) is 0 Å². The number of likely N-dealkylation sites (N-methyl/N-ethyl adjacent to an activating group) is 1. The Balaban J connectivity index is 1.82. The number of hydrogen-bond acceptors (Lipinski definition) is 3. The van der Waals surface area contributed by atoms with E-state index in [-0.39, 0.29) is 6.61 Å². The number of anilines is 1. The molecule has 0 unspecified atom stereocenters. The SMILES string of the molecule is CN1CCN(c2cc(Cl)ccc2CO)[C@H]2c3ccccc3C[C@@H]21. The largest absolute Gasteiger partial charge is 0.392 e. The van der Waals surface area contributed by atoms with Gasteiger partial charge in [-0.15, -0.1) is 0 Å². The molecule has 2 atom stereocenters. The van der Waals surface area contributed by atoms with Gasteiger partial charge in [0.2, 0.25) is 0 Å². The van der Waals surface area contributed by atoms with Crippen LogP contribution in [0.15, 0.2) is 42.5 Å². The lowest BCUT2D eigenvalue weighted by atomic mass is 9.99. The van der Waals surface area contributed by atoms with Crippen LogP contribution in [0.1, 0.15) is 22.7 Å². The number of rotatable bonds is 2. The number of hydrogen-bond donors (Lipinski definition) is 1. The molecule has 1 aliphatic heterocycles. The van der Waals surface area contributed by atoms with Crippen LogP contribution < -0.4 is 4.90 Å². The molecule has 120 valence electrons. The summed E-state index contributed by atoms with van der Waals surface area (Å²) in [5.41, 5.74) is 4.86.